The van der Waals surface area contributed by atoms with Crippen molar-refractivity contribution in [2.75, 3.05) is 26.6 Å². The lowest BCUT2D eigenvalue weighted by Gasteiger charge is -2.13. The van der Waals surface area contributed by atoms with Crippen molar-refractivity contribution in [3.63, 3.8) is 0 Å². The minimum atomic E-state index is -0.247. The number of aromatic nitrogens is 1. The van der Waals surface area contributed by atoms with E-state index in [1.54, 1.807) is 23.5 Å². The molecule has 1 heterocycles. The second kappa shape index (κ2) is 7.74. The molecule has 3 rings (SSSR count). The molecule has 134 valence electrons. The van der Waals surface area contributed by atoms with E-state index in [-0.39, 0.29) is 5.91 Å². The van der Waals surface area contributed by atoms with Gasteiger partial charge in [-0.3, -0.25) is 10.1 Å². The summed E-state index contributed by atoms with van der Waals surface area (Å²) >= 11 is 1.57. The minimum absolute atomic E-state index is 0.247. The van der Waals surface area contributed by atoms with Crippen LogP contribution in [0.3, 0.4) is 0 Å². The summed E-state index contributed by atoms with van der Waals surface area (Å²) in [5.74, 6) is 1.11. The van der Waals surface area contributed by atoms with Crippen LogP contribution in [-0.4, -0.2) is 32.2 Å². The Morgan fingerprint density at radius 1 is 1.04 bits per heavy atom. The number of methoxy groups -OCH3 is 3. The Morgan fingerprint density at radius 3 is 2.36 bits per heavy atom. The van der Waals surface area contributed by atoms with E-state index < -0.39 is 0 Å². The first-order valence-corrected chi connectivity index (χ1v) is 9.08. The summed E-state index contributed by atoms with van der Waals surface area (Å²) in [6.45, 7) is 0. The molecular weight excluding hydrogens is 340 g/mol. The average molecular weight is 362 g/mol. The van der Waals surface area contributed by atoms with Gasteiger partial charge in [0, 0.05) is 10.4 Å². The third-order valence-electron chi connectivity index (χ3n) is 4.24. The fraction of sp³-hybridized carbons (Fsp3) is 0.444. The summed E-state index contributed by atoms with van der Waals surface area (Å²) in [6.07, 6.45) is 5.64. The second-order valence-electron chi connectivity index (χ2n) is 5.82. The van der Waals surface area contributed by atoms with E-state index in [1.165, 1.54) is 39.0 Å². The van der Waals surface area contributed by atoms with E-state index in [2.05, 4.69) is 10.3 Å². The second-order valence-corrected chi connectivity index (χ2v) is 6.90. The maximum absolute atomic E-state index is 12.6. The van der Waals surface area contributed by atoms with Gasteiger partial charge in [0.15, 0.2) is 16.6 Å². The van der Waals surface area contributed by atoms with Gasteiger partial charge in [-0.2, -0.15) is 0 Å². The van der Waals surface area contributed by atoms with Crippen LogP contribution in [0.1, 0.15) is 40.2 Å². The number of hydrogen-bond acceptors (Lipinski definition) is 6. The van der Waals surface area contributed by atoms with E-state index in [0.717, 1.165) is 25.0 Å². The van der Waals surface area contributed by atoms with Crippen molar-refractivity contribution in [1.29, 1.82) is 0 Å². The minimum Gasteiger partial charge on any atom is -0.493 e. The molecule has 7 heteroatoms. The zero-order valence-electron chi connectivity index (χ0n) is 14.7. The zero-order chi connectivity index (χ0) is 17.8. The SMILES string of the molecule is COc1cc(C(=O)Nc2nc3c(s2)CCCCC3)cc(OC)c1OC. The maximum atomic E-state index is 12.6. The van der Waals surface area contributed by atoms with E-state index in [1.807, 2.05) is 0 Å². The molecule has 0 fully saturated rings. The standard InChI is InChI=1S/C18H22N2O4S/c1-22-13-9-11(10-14(23-2)16(13)24-3)17(21)20-18-19-12-7-5-4-6-8-15(12)25-18/h9-10H,4-8H2,1-3H3,(H,19,20,21). The number of nitrogens with zero attached hydrogens (tertiary/aromatic N) is 1. The Morgan fingerprint density at radius 2 is 1.72 bits per heavy atom. The average Bonchev–Trinajstić information content (AvgIpc) is 2.88. The molecule has 1 N–H and O–H groups in total. The lowest BCUT2D eigenvalue weighted by atomic mass is 10.1. The van der Waals surface area contributed by atoms with Gasteiger partial charge < -0.3 is 14.2 Å². The Labute approximate surface area is 151 Å². The molecule has 0 aliphatic heterocycles. The molecule has 25 heavy (non-hydrogen) atoms. The van der Waals surface area contributed by atoms with Gasteiger partial charge in [-0.25, -0.2) is 4.98 Å². The van der Waals surface area contributed by atoms with E-state index in [4.69, 9.17) is 14.2 Å². The van der Waals surface area contributed by atoms with E-state index >= 15 is 0 Å². The van der Waals surface area contributed by atoms with E-state index in [0.29, 0.717) is 27.9 Å². The summed E-state index contributed by atoms with van der Waals surface area (Å²) in [7, 11) is 4.58. The first-order valence-electron chi connectivity index (χ1n) is 8.26. The van der Waals surface area contributed by atoms with Crippen molar-refractivity contribution in [3.05, 3.63) is 28.3 Å². The molecule has 6 nitrogen and oxygen atoms in total. The van der Waals surface area contributed by atoms with Crippen LogP contribution < -0.4 is 19.5 Å². The predicted molar refractivity (Wildman–Crippen MR) is 97.4 cm³/mol. The van der Waals surface area contributed by atoms with Crippen molar-refractivity contribution in [3.8, 4) is 17.2 Å². The smallest absolute Gasteiger partial charge is 0.257 e. The number of ether oxygens (including phenoxy) is 3. The number of amides is 1. The summed E-state index contributed by atoms with van der Waals surface area (Å²) in [5, 5.41) is 3.54. The summed E-state index contributed by atoms with van der Waals surface area (Å²) in [5.41, 5.74) is 1.56. The number of carbonyl (C=O) groups is 1. The molecule has 0 atom stereocenters. The van der Waals surface area contributed by atoms with Crippen LogP contribution in [0.5, 0.6) is 17.2 Å². The lowest BCUT2D eigenvalue weighted by molar-refractivity contribution is 0.102. The van der Waals surface area contributed by atoms with Gasteiger partial charge >= 0.3 is 0 Å². The molecule has 0 saturated heterocycles. The number of aryl methyl sites for hydroxylation is 2. The molecule has 0 unspecified atom stereocenters. The highest BCUT2D eigenvalue weighted by molar-refractivity contribution is 7.15. The van der Waals surface area contributed by atoms with Gasteiger partial charge in [0.05, 0.1) is 27.0 Å². The zero-order valence-corrected chi connectivity index (χ0v) is 15.5. The summed E-state index contributed by atoms with van der Waals surface area (Å²) in [6, 6.07) is 3.27. The molecule has 1 aromatic carbocycles. The van der Waals surface area contributed by atoms with Gasteiger partial charge in [0.2, 0.25) is 5.75 Å². The van der Waals surface area contributed by atoms with Crippen molar-refractivity contribution in [2.45, 2.75) is 32.1 Å². The number of carbonyl (C=O) groups excluding carboxylic acids is 1. The van der Waals surface area contributed by atoms with Crippen molar-refractivity contribution in [1.82, 2.24) is 4.98 Å². The van der Waals surface area contributed by atoms with Gasteiger partial charge in [-0.05, 0) is 37.8 Å². The number of hydrogen-bond donors (Lipinski definition) is 1. The van der Waals surface area contributed by atoms with Crippen LogP contribution >= 0.6 is 11.3 Å². The summed E-state index contributed by atoms with van der Waals surface area (Å²) < 4.78 is 15.9. The fourth-order valence-corrected chi connectivity index (χ4v) is 4.01. The van der Waals surface area contributed by atoms with Gasteiger partial charge in [0.25, 0.3) is 5.91 Å². The summed E-state index contributed by atoms with van der Waals surface area (Å²) in [4.78, 5) is 18.5. The number of benzene rings is 1. The normalized spacial score (nSPS) is 13.6. The number of thiazole rings is 1. The Kier molecular flexibility index (Phi) is 5.43. The molecule has 0 saturated carbocycles. The maximum Gasteiger partial charge on any atom is 0.257 e. The Hall–Kier alpha value is -2.28. The molecular formula is C18H22N2O4S. The number of nitrogens with one attached hydrogen (secondary N) is 1. The molecule has 1 aromatic heterocycles. The highest BCUT2D eigenvalue weighted by atomic mass is 32.1. The topological polar surface area (TPSA) is 69.7 Å². The number of anilines is 1. The van der Waals surface area contributed by atoms with Crippen LogP contribution in [0, 0.1) is 0 Å². The first kappa shape index (κ1) is 17.5. The lowest BCUT2D eigenvalue weighted by Crippen LogP contribution is -2.12. The van der Waals surface area contributed by atoms with Crippen LogP contribution in [0.25, 0.3) is 0 Å². The van der Waals surface area contributed by atoms with Gasteiger partial charge in [-0.1, -0.05) is 6.42 Å². The monoisotopic (exact) mass is 362 g/mol. The third-order valence-corrected chi connectivity index (χ3v) is 5.32. The molecule has 1 aliphatic rings. The Balaban J connectivity index is 1.84. The van der Waals surface area contributed by atoms with Crippen molar-refractivity contribution >= 4 is 22.4 Å². The predicted octanol–water partition coefficient (Wildman–Crippen LogP) is 3.69. The molecule has 0 radical (unpaired) electrons. The van der Waals surface area contributed by atoms with Crippen LogP contribution in [0.4, 0.5) is 5.13 Å². The van der Waals surface area contributed by atoms with Crippen molar-refractivity contribution in [2.24, 2.45) is 0 Å². The quantitative estimate of drug-likeness (QED) is 0.822. The molecule has 0 bridgehead atoms. The molecule has 0 spiro atoms. The van der Waals surface area contributed by atoms with Crippen LogP contribution in [0.2, 0.25) is 0 Å². The third kappa shape index (κ3) is 3.71. The fourth-order valence-electron chi connectivity index (χ4n) is 2.96. The number of rotatable bonds is 5. The van der Waals surface area contributed by atoms with Crippen LogP contribution in [0.15, 0.2) is 12.1 Å². The molecule has 2 aromatic rings. The molecule has 1 amide bonds. The van der Waals surface area contributed by atoms with Crippen molar-refractivity contribution < 1.29 is 19.0 Å². The van der Waals surface area contributed by atoms with Crippen LogP contribution in [-0.2, 0) is 12.8 Å². The highest BCUT2D eigenvalue weighted by Gasteiger charge is 2.19. The highest BCUT2D eigenvalue weighted by Crippen LogP contribution is 2.38. The largest absolute Gasteiger partial charge is 0.493 e. The van der Waals surface area contributed by atoms with E-state index in [9.17, 15) is 4.79 Å². The van der Waals surface area contributed by atoms with Gasteiger partial charge in [-0.15, -0.1) is 11.3 Å². The first-order chi connectivity index (χ1) is 12.2. The Bertz CT molecular complexity index is 724. The molecule has 1 aliphatic carbocycles. The van der Waals surface area contributed by atoms with Gasteiger partial charge in [0.1, 0.15) is 0 Å². The number of fused-ring (bicyclic) bond motifs is 1.